The van der Waals surface area contributed by atoms with E-state index in [0.717, 1.165) is 44.9 Å². The van der Waals surface area contributed by atoms with E-state index in [0.29, 0.717) is 13.0 Å². The van der Waals surface area contributed by atoms with Gasteiger partial charge in [0.2, 0.25) is 5.91 Å². The summed E-state index contributed by atoms with van der Waals surface area (Å²) in [5.74, 6) is 1.03. The monoisotopic (exact) mass is 280 g/mol. The molecule has 20 heavy (non-hydrogen) atoms. The van der Waals surface area contributed by atoms with Crippen LogP contribution in [0.25, 0.3) is 0 Å². The minimum Gasteiger partial charge on any atom is -0.468 e. The molecule has 1 N–H and O–H groups in total. The molecule has 5 nitrogen and oxygen atoms in total. The van der Waals surface area contributed by atoms with Crippen LogP contribution in [0, 0.1) is 0 Å². The molecule has 1 aliphatic rings. The lowest BCUT2D eigenvalue weighted by molar-refractivity contribution is -0.121. The Morgan fingerprint density at radius 3 is 2.90 bits per heavy atom. The van der Waals surface area contributed by atoms with E-state index in [2.05, 4.69) is 17.1 Å². The first-order valence-corrected chi connectivity index (χ1v) is 7.43. The van der Waals surface area contributed by atoms with Crippen LogP contribution in [0.3, 0.4) is 0 Å². The van der Waals surface area contributed by atoms with Crippen molar-refractivity contribution in [3.63, 3.8) is 0 Å². The summed E-state index contributed by atoms with van der Waals surface area (Å²) in [6, 6.07) is 3.96. The average molecular weight is 280 g/mol. The molecule has 2 heterocycles. The predicted octanol–water partition coefficient (Wildman–Crippen LogP) is 1.96. The average Bonchev–Trinajstić information content (AvgIpc) is 3.00. The van der Waals surface area contributed by atoms with Crippen molar-refractivity contribution in [3.05, 3.63) is 24.2 Å². The SMILES string of the molecule is CCCCC(=O)NCC(c1ccco1)N1CCOCC1. The molecule has 1 atom stereocenters. The Balaban J connectivity index is 1.91. The molecule has 1 aromatic rings. The van der Waals surface area contributed by atoms with Crippen LogP contribution in [0.5, 0.6) is 0 Å². The first-order valence-electron chi connectivity index (χ1n) is 7.43. The lowest BCUT2D eigenvalue weighted by atomic mass is 10.1. The van der Waals surface area contributed by atoms with E-state index < -0.39 is 0 Å². The Morgan fingerprint density at radius 2 is 2.25 bits per heavy atom. The number of carbonyl (C=O) groups is 1. The third kappa shape index (κ3) is 4.35. The number of hydrogen-bond acceptors (Lipinski definition) is 4. The van der Waals surface area contributed by atoms with Crippen molar-refractivity contribution in [2.45, 2.75) is 32.2 Å². The zero-order chi connectivity index (χ0) is 14.2. The fourth-order valence-electron chi connectivity index (χ4n) is 2.42. The second kappa shape index (κ2) is 8.07. The molecule has 1 aromatic heterocycles. The molecule has 0 bridgehead atoms. The van der Waals surface area contributed by atoms with Crippen LogP contribution in [0.2, 0.25) is 0 Å². The Kier molecular flexibility index (Phi) is 6.08. The predicted molar refractivity (Wildman–Crippen MR) is 76.4 cm³/mol. The summed E-state index contributed by atoms with van der Waals surface area (Å²) in [5, 5.41) is 3.02. The van der Waals surface area contributed by atoms with Gasteiger partial charge in [0.05, 0.1) is 25.5 Å². The van der Waals surface area contributed by atoms with E-state index in [1.165, 1.54) is 0 Å². The van der Waals surface area contributed by atoms with Gasteiger partial charge >= 0.3 is 0 Å². The number of hydrogen-bond donors (Lipinski definition) is 1. The van der Waals surface area contributed by atoms with E-state index in [-0.39, 0.29) is 11.9 Å². The van der Waals surface area contributed by atoms with Crippen LogP contribution >= 0.6 is 0 Å². The van der Waals surface area contributed by atoms with Crippen LogP contribution < -0.4 is 5.32 Å². The highest BCUT2D eigenvalue weighted by atomic mass is 16.5. The molecule has 0 aromatic carbocycles. The van der Waals surface area contributed by atoms with E-state index in [1.807, 2.05) is 12.1 Å². The molecule has 2 rings (SSSR count). The lowest BCUT2D eigenvalue weighted by Crippen LogP contribution is -2.43. The molecule has 1 saturated heterocycles. The van der Waals surface area contributed by atoms with Gasteiger partial charge in [-0.2, -0.15) is 0 Å². The third-order valence-electron chi connectivity index (χ3n) is 3.61. The van der Waals surface area contributed by atoms with Gasteiger partial charge in [-0.1, -0.05) is 13.3 Å². The second-order valence-electron chi connectivity index (χ2n) is 5.09. The fourth-order valence-corrected chi connectivity index (χ4v) is 2.42. The van der Waals surface area contributed by atoms with Crippen molar-refractivity contribution in [3.8, 4) is 0 Å². The molecule has 0 radical (unpaired) electrons. The smallest absolute Gasteiger partial charge is 0.220 e. The number of nitrogens with zero attached hydrogens (tertiary/aromatic N) is 1. The maximum atomic E-state index is 11.8. The van der Waals surface area contributed by atoms with Gasteiger partial charge in [-0.15, -0.1) is 0 Å². The van der Waals surface area contributed by atoms with Crippen LogP contribution in [0.1, 0.15) is 38.0 Å². The molecule has 1 amide bonds. The lowest BCUT2D eigenvalue weighted by Gasteiger charge is -2.33. The number of furan rings is 1. The zero-order valence-corrected chi connectivity index (χ0v) is 12.1. The molecule has 0 aliphatic carbocycles. The Labute approximate surface area is 120 Å². The van der Waals surface area contributed by atoms with E-state index in [9.17, 15) is 4.79 Å². The summed E-state index contributed by atoms with van der Waals surface area (Å²) in [4.78, 5) is 14.1. The number of morpholine rings is 1. The maximum Gasteiger partial charge on any atom is 0.220 e. The van der Waals surface area contributed by atoms with Gasteiger partial charge in [-0.3, -0.25) is 9.69 Å². The van der Waals surface area contributed by atoms with Crippen molar-refractivity contribution in [1.82, 2.24) is 10.2 Å². The highest BCUT2D eigenvalue weighted by Crippen LogP contribution is 2.21. The van der Waals surface area contributed by atoms with E-state index >= 15 is 0 Å². The highest BCUT2D eigenvalue weighted by Gasteiger charge is 2.25. The van der Waals surface area contributed by atoms with Gasteiger partial charge in [0.25, 0.3) is 0 Å². The van der Waals surface area contributed by atoms with Crippen LogP contribution in [-0.2, 0) is 9.53 Å². The van der Waals surface area contributed by atoms with Crippen molar-refractivity contribution in [2.24, 2.45) is 0 Å². The van der Waals surface area contributed by atoms with Crippen LogP contribution in [0.4, 0.5) is 0 Å². The summed E-state index contributed by atoms with van der Waals surface area (Å²) in [6.07, 6.45) is 4.26. The molecule has 0 saturated carbocycles. The van der Waals surface area contributed by atoms with Gasteiger partial charge in [0.15, 0.2) is 0 Å². The molecule has 1 aliphatic heterocycles. The van der Waals surface area contributed by atoms with Gasteiger partial charge in [0.1, 0.15) is 5.76 Å². The molecule has 1 unspecified atom stereocenters. The number of ether oxygens (including phenoxy) is 1. The first kappa shape index (κ1) is 15.1. The van der Waals surface area contributed by atoms with Gasteiger partial charge in [-0.25, -0.2) is 0 Å². The van der Waals surface area contributed by atoms with Crippen molar-refractivity contribution < 1.29 is 13.9 Å². The normalized spacial score (nSPS) is 17.9. The molecular formula is C15H24N2O3. The number of amides is 1. The summed E-state index contributed by atoms with van der Waals surface area (Å²) < 4.78 is 10.9. The molecule has 0 spiro atoms. The number of rotatable bonds is 7. The molecule has 5 heteroatoms. The summed E-state index contributed by atoms with van der Waals surface area (Å²) in [7, 11) is 0. The Bertz CT molecular complexity index is 386. The highest BCUT2D eigenvalue weighted by molar-refractivity contribution is 5.75. The third-order valence-corrected chi connectivity index (χ3v) is 3.61. The van der Waals surface area contributed by atoms with E-state index in [1.54, 1.807) is 6.26 Å². The number of carbonyl (C=O) groups excluding carboxylic acids is 1. The van der Waals surface area contributed by atoms with Crippen molar-refractivity contribution in [1.29, 1.82) is 0 Å². The van der Waals surface area contributed by atoms with Gasteiger partial charge in [-0.05, 0) is 18.6 Å². The number of unbranched alkanes of at least 4 members (excludes halogenated alkanes) is 1. The molecular weight excluding hydrogens is 256 g/mol. The standard InChI is InChI=1S/C15H24N2O3/c1-2-3-6-15(18)16-12-13(14-5-4-9-20-14)17-7-10-19-11-8-17/h4-5,9,13H,2-3,6-8,10-12H2,1H3,(H,16,18). The molecule has 1 fully saturated rings. The maximum absolute atomic E-state index is 11.8. The first-order chi connectivity index (χ1) is 9.81. The van der Waals surface area contributed by atoms with Crippen LogP contribution in [-0.4, -0.2) is 43.7 Å². The van der Waals surface area contributed by atoms with Crippen molar-refractivity contribution in [2.75, 3.05) is 32.8 Å². The van der Waals surface area contributed by atoms with Gasteiger partial charge < -0.3 is 14.5 Å². The Morgan fingerprint density at radius 1 is 1.45 bits per heavy atom. The summed E-state index contributed by atoms with van der Waals surface area (Å²) in [6.45, 7) is 5.90. The minimum atomic E-state index is 0.0967. The minimum absolute atomic E-state index is 0.0967. The fraction of sp³-hybridized carbons (Fsp3) is 0.667. The van der Waals surface area contributed by atoms with E-state index in [4.69, 9.17) is 9.15 Å². The Hall–Kier alpha value is -1.33. The summed E-state index contributed by atoms with van der Waals surface area (Å²) in [5.41, 5.74) is 0. The second-order valence-corrected chi connectivity index (χ2v) is 5.09. The largest absolute Gasteiger partial charge is 0.468 e. The van der Waals surface area contributed by atoms with Crippen LogP contribution in [0.15, 0.2) is 22.8 Å². The van der Waals surface area contributed by atoms with Gasteiger partial charge in [0, 0.05) is 26.1 Å². The van der Waals surface area contributed by atoms with Crippen molar-refractivity contribution >= 4 is 5.91 Å². The summed E-state index contributed by atoms with van der Waals surface area (Å²) >= 11 is 0. The zero-order valence-electron chi connectivity index (χ0n) is 12.1. The number of nitrogens with one attached hydrogen (secondary N) is 1. The molecule has 112 valence electrons. The topological polar surface area (TPSA) is 54.7 Å². The quantitative estimate of drug-likeness (QED) is 0.829.